The maximum absolute atomic E-state index is 12.9. The molecule has 28 heavy (non-hydrogen) atoms. The smallest absolute Gasteiger partial charge is 0.253 e. The highest BCUT2D eigenvalue weighted by molar-refractivity contribution is 5.95. The quantitative estimate of drug-likeness (QED) is 0.890. The summed E-state index contributed by atoms with van der Waals surface area (Å²) in [7, 11) is 0. The summed E-state index contributed by atoms with van der Waals surface area (Å²) < 4.78 is 5.75. The Morgan fingerprint density at radius 1 is 1.11 bits per heavy atom. The van der Waals surface area contributed by atoms with Gasteiger partial charge in [0.1, 0.15) is 12.2 Å². The van der Waals surface area contributed by atoms with Crippen LogP contribution in [-0.4, -0.2) is 48.6 Å². The fraction of sp³-hybridized carbons (Fsp3) is 0.391. The van der Waals surface area contributed by atoms with E-state index in [1.54, 1.807) is 0 Å². The predicted molar refractivity (Wildman–Crippen MR) is 108 cm³/mol. The summed E-state index contributed by atoms with van der Waals surface area (Å²) in [6.45, 7) is 3.90. The Hall–Kier alpha value is -2.66. The van der Waals surface area contributed by atoms with E-state index in [1.807, 2.05) is 29.2 Å². The molecular formula is C23H26N2O3. The van der Waals surface area contributed by atoms with Gasteiger partial charge in [-0.3, -0.25) is 9.59 Å². The van der Waals surface area contributed by atoms with Crippen LogP contribution in [0.5, 0.6) is 0 Å². The number of nitrogens with zero attached hydrogens (tertiary/aromatic N) is 1. The molecule has 0 bridgehead atoms. The molecule has 2 amide bonds. The van der Waals surface area contributed by atoms with Gasteiger partial charge in [-0.05, 0) is 41.7 Å². The van der Waals surface area contributed by atoms with Crippen LogP contribution in [0.3, 0.4) is 0 Å². The monoisotopic (exact) mass is 378 g/mol. The number of likely N-dealkylation sites (tertiary alicyclic amines) is 1. The second kappa shape index (κ2) is 7.76. The standard InChI is InChI=1S/C23H26N2O3/c1-2-3-17-4-6-18(7-5-17)19-8-10-20(11-9-19)22(27)25-13-12-23(16-25)15-24-21(26)14-28-23/h4-11H,2-3,12-16H2,1H3,(H,24,26). The van der Waals surface area contributed by atoms with E-state index in [4.69, 9.17) is 4.74 Å². The minimum absolute atomic E-state index is 0.0159. The number of hydrogen-bond donors (Lipinski definition) is 1. The van der Waals surface area contributed by atoms with Crippen LogP contribution in [-0.2, 0) is 16.0 Å². The van der Waals surface area contributed by atoms with E-state index in [1.165, 1.54) is 5.56 Å². The Morgan fingerprint density at radius 3 is 2.39 bits per heavy atom. The van der Waals surface area contributed by atoms with Crippen molar-refractivity contribution in [2.24, 2.45) is 0 Å². The number of morpholine rings is 1. The molecule has 2 heterocycles. The number of hydrogen-bond acceptors (Lipinski definition) is 3. The first-order valence-electron chi connectivity index (χ1n) is 9.98. The number of benzene rings is 2. The average Bonchev–Trinajstić information content (AvgIpc) is 3.15. The minimum Gasteiger partial charge on any atom is -0.361 e. The number of carbonyl (C=O) groups excluding carboxylic acids is 2. The maximum Gasteiger partial charge on any atom is 0.253 e. The van der Waals surface area contributed by atoms with Crippen molar-refractivity contribution in [1.29, 1.82) is 0 Å². The predicted octanol–water partition coefficient (Wildman–Crippen LogP) is 3.04. The lowest BCUT2D eigenvalue weighted by atomic mass is 10.0. The highest BCUT2D eigenvalue weighted by Gasteiger charge is 2.43. The van der Waals surface area contributed by atoms with Gasteiger partial charge < -0.3 is 15.0 Å². The third-order valence-electron chi connectivity index (χ3n) is 5.68. The Morgan fingerprint density at radius 2 is 1.79 bits per heavy atom. The molecular weight excluding hydrogens is 352 g/mol. The highest BCUT2D eigenvalue weighted by Crippen LogP contribution is 2.28. The second-order valence-electron chi connectivity index (χ2n) is 7.75. The van der Waals surface area contributed by atoms with Crippen LogP contribution in [0, 0.1) is 0 Å². The Bertz CT molecular complexity index is 848. The molecule has 0 saturated carbocycles. The zero-order valence-electron chi connectivity index (χ0n) is 16.2. The number of amides is 2. The summed E-state index contributed by atoms with van der Waals surface area (Å²) in [5.74, 6) is -0.0732. The first kappa shape index (κ1) is 18.7. The lowest BCUT2D eigenvalue weighted by molar-refractivity contribution is -0.141. The molecule has 2 aromatic carbocycles. The summed E-state index contributed by atoms with van der Waals surface area (Å²) in [6.07, 6.45) is 2.99. The second-order valence-corrected chi connectivity index (χ2v) is 7.75. The lowest BCUT2D eigenvalue weighted by Crippen LogP contribution is -2.54. The van der Waals surface area contributed by atoms with Gasteiger partial charge in [-0.25, -0.2) is 0 Å². The van der Waals surface area contributed by atoms with E-state index in [-0.39, 0.29) is 18.4 Å². The number of nitrogens with one attached hydrogen (secondary N) is 1. The number of carbonyl (C=O) groups is 2. The van der Waals surface area contributed by atoms with Gasteiger partial charge in [0.25, 0.3) is 5.91 Å². The maximum atomic E-state index is 12.9. The molecule has 2 saturated heterocycles. The van der Waals surface area contributed by atoms with E-state index >= 15 is 0 Å². The summed E-state index contributed by atoms with van der Waals surface area (Å²) >= 11 is 0. The molecule has 2 aliphatic heterocycles. The van der Waals surface area contributed by atoms with Crippen molar-refractivity contribution in [3.8, 4) is 11.1 Å². The first-order valence-corrected chi connectivity index (χ1v) is 9.98. The summed E-state index contributed by atoms with van der Waals surface area (Å²) in [5.41, 5.74) is 3.87. The van der Waals surface area contributed by atoms with Crippen molar-refractivity contribution < 1.29 is 14.3 Å². The van der Waals surface area contributed by atoms with Crippen LogP contribution in [0.4, 0.5) is 0 Å². The van der Waals surface area contributed by atoms with Crippen LogP contribution in [0.1, 0.15) is 35.7 Å². The third-order valence-corrected chi connectivity index (χ3v) is 5.68. The number of aryl methyl sites for hydroxylation is 1. The van der Waals surface area contributed by atoms with Gasteiger partial charge in [0.05, 0.1) is 6.54 Å². The largest absolute Gasteiger partial charge is 0.361 e. The Balaban J connectivity index is 1.42. The molecule has 0 aliphatic carbocycles. The summed E-state index contributed by atoms with van der Waals surface area (Å²) in [5, 5.41) is 2.85. The Kier molecular flexibility index (Phi) is 5.18. The molecule has 0 aromatic heterocycles. The highest BCUT2D eigenvalue weighted by atomic mass is 16.5. The van der Waals surface area contributed by atoms with Crippen molar-refractivity contribution in [1.82, 2.24) is 10.2 Å². The molecule has 1 spiro atoms. The molecule has 2 aromatic rings. The summed E-state index contributed by atoms with van der Waals surface area (Å²) in [6, 6.07) is 16.4. The van der Waals surface area contributed by atoms with Crippen LogP contribution < -0.4 is 5.32 Å². The van der Waals surface area contributed by atoms with E-state index in [9.17, 15) is 9.59 Å². The van der Waals surface area contributed by atoms with E-state index < -0.39 is 5.60 Å². The van der Waals surface area contributed by atoms with E-state index in [2.05, 4.69) is 36.5 Å². The van der Waals surface area contributed by atoms with Crippen LogP contribution in [0.15, 0.2) is 48.5 Å². The van der Waals surface area contributed by atoms with Gasteiger partial charge in [-0.15, -0.1) is 0 Å². The molecule has 4 rings (SSSR count). The van der Waals surface area contributed by atoms with Gasteiger partial charge in [0.2, 0.25) is 5.91 Å². The molecule has 1 atom stereocenters. The van der Waals surface area contributed by atoms with Crippen LogP contribution >= 0.6 is 0 Å². The lowest BCUT2D eigenvalue weighted by Gasteiger charge is -2.33. The third kappa shape index (κ3) is 3.80. The molecule has 2 aliphatic rings. The first-order chi connectivity index (χ1) is 13.6. The zero-order valence-corrected chi connectivity index (χ0v) is 16.2. The zero-order chi connectivity index (χ0) is 19.6. The van der Waals surface area contributed by atoms with E-state index in [0.717, 1.165) is 30.4 Å². The molecule has 5 heteroatoms. The fourth-order valence-electron chi connectivity index (χ4n) is 4.00. The van der Waals surface area contributed by atoms with Crippen LogP contribution in [0.2, 0.25) is 0 Å². The number of ether oxygens (including phenoxy) is 1. The van der Waals surface area contributed by atoms with Gasteiger partial charge in [0, 0.05) is 18.7 Å². The van der Waals surface area contributed by atoms with Crippen molar-refractivity contribution >= 4 is 11.8 Å². The average molecular weight is 378 g/mol. The van der Waals surface area contributed by atoms with Crippen molar-refractivity contribution in [3.63, 3.8) is 0 Å². The van der Waals surface area contributed by atoms with Gasteiger partial charge >= 0.3 is 0 Å². The molecule has 5 nitrogen and oxygen atoms in total. The van der Waals surface area contributed by atoms with Crippen molar-refractivity contribution in [3.05, 3.63) is 59.7 Å². The molecule has 1 unspecified atom stereocenters. The minimum atomic E-state index is -0.427. The Labute approximate surface area is 165 Å². The van der Waals surface area contributed by atoms with Crippen molar-refractivity contribution in [2.45, 2.75) is 31.8 Å². The van der Waals surface area contributed by atoms with Gasteiger partial charge in [-0.2, -0.15) is 0 Å². The van der Waals surface area contributed by atoms with Gasteiger partial charge in [-0.1, -0.05) is 49.7 Å². The summed E-state index contributed by atoms with van der Waals surface area (Å²) in [4.78, 5) is 26.0. The normalized spacial score (nSPS) is 21.8. The fourth-order valence-corrected chi connectivity index (χ4v) is 4.00. The molecule has 1 N–H and O–H groups in total. The van der Waals surface area contributed by atoms with E-state index in [0.29, 0.717) is 25.2 Å². The number of rotatable bonds is 4. The van der Waals surface area contributed by atoms with Crippen molar-refractivity contribution in [2.75, 3.05) is 26.2 Å². The topological polar surface area (TPSA) is 58.6 Å². The molecule has 2 fully saturated rings. The molecule has 146 valence electrons. The van der Waals surface area contributed by atoms with Crippen LogP contribution in [0.25, 0.3) is 11.1 Å². The van der Waals surface area contributed by atoms with Gasteiger partial charge in [0.15, 0.2) is 0 Å². The molecule has 0 radical (unpaired) electrons. The SMILES string of the molecule is CCCc1ccc(-c2ccc(C(=O)N3CCC4(CNC(=O)CO4)C3)cc2)cc1.